The number of nitrogens with zero attached hydrogens (tertiary/aromatic N) is 3. The van der Waals surface area contributed by atoms with Crippen molar-refractivity contribution < 1.29 is 9.53 Å². The summed E-state index contributed by atoms with van der Waals surface area (Å²) in [4.78, 5) is 19.0. The van der Waals surface area contributed by atoms with Gasteiger partial charge >= 0.3 is 0 Å². The number of anilines is 2. The molecule has 0 radical (unpaired) electrons. The lowest BCUT2D eigenvalue weighted by atomic mass is 9.96. The number of ether oxygens (including phenoxy) is 1. The van der Waals surface area contributed by atoms with E-state index >= 15 is 0 Å². The summed E-state index contributed by atoms with van der Waals surface area (Å²) in [6.45, 7) is 7.12. The second-order valence-electron chi connectivity index (χ2n) is 9.88. The first-order valence-corrected chi connectivity index (χ1v) is 13.4. The van der Waals surface area contributed by atoms with Crippen molar-refractivity contribution in [3.63, 3.8) is 0 Å². The molecule has 7 nitrogen and oxygen atoms in total. The molecule has 3 heterocycles. The van der Waals surface area contributed by atoms with E-state index in [1.54, 1.807) is 0 Å². The predicted octanol–water partition coefficient (Wildman–Crippen LogP) is 5.62. The van der Waals surface area contributed by atoms with Crippen LogP contribution in [0, 0.1) is 20.8 Å². The van der Waals surface area contributed by atoms with Crippen LogP contribution in [0.15, 0.2) is 79.0 Å². The number of aromatic nitrogens is 2. The molecule has 1 aliphatic rings. The predicted molar refractivity (Wildman–Crippen MR) is 159 cm³/mol. The number of rotatable bonds is 8. The summed E-state index contributed by atoms with van der Waals surface area (Å²) in [5.74, 6) is -0.189. The molecule has 4 aromatic rings. The van der Waals surface area contributed by atoms with Gasteiger partial charge in [0.25, 0.3) is 0 Å². The molecule has 1 saturated heterocycles. The number of carbonyl (C=O) groups is 1. The molecule has 0 aliphatic carbocycles. The molecule has 200 valence electrons. The summed E-state index contributed by atoms with van der Waals surface area (Å²) < 4.78 is 7.32. The van der Waals surface area contributed by atoms with Crippen molar-refractivity contribution in [3.8, 4) is 0 Å². The zero-order valence-corrected chi connectivity index (χ0v) is 23.5. The Morgan fingerprint density at radius 1 is 1.05 bits per heavy atom. The van der Waals surface area contributed by atoms with Crippen molar-refractivity contribution in [3.05, 3.63) is 113 Å². The standard InChI is InChI=1S/C31H33N5O2S/c1-20-16-24(13-14-26(20)33-28(37)19-38-4)36-30(29(34-31(36)39)27-12-8-9-15-32-27)25-17-21(2)35(22(25)3)18-23-10-6-5-7-11-23/h5-17,29-30H,18-19H2,1-4H3,(H,33,37)(H,34,39)/t29-,30-/m0/s1. The lowest BCUT2D eigenvalue weighted by Gasteiger charge is -2.29. The minimum Gasteiger partial charge on any atom is -0.375 e. The van der Waals surface area contributed by atoms with Gasteiger partial charge in [-0.3, -0.25) is 9.78 Å². The molecule has 5 rings (SSSR count). The SMILES string of the molecule is COCC(=O)Nc1ccc(N2C(=S)N[C@@H](c3ccccn3)[C@@H]2c2cc(C)n(Cc3ccccc3)c2C)cc1C. The third-order valence-corrected chi connectivity index (χ3v) is 7.57. The van der Waals surface area contributed by atoms with Gasteiger partial charge in [0.05, 0.1) is 17.8 Å². The number of thiocarbonyl (C=S) groups is 1. The maximum atomic E-state index is 12.1. The highest BCUT2D eigenvalue weighted by atomic mass is 32.1. The smallest absolute Gasteiger partial charge is 0.250 e. The highest BCUT2D eigenvalue weighted by molar-refractivity contribution is 7.80. The summed E-state index contributed by atoms with van der Waals surface area (Å²) >= 11 is 5.94. The minimum absolute atomic E-state index is 0.00769. The van der Waals surface area contributed by atoms with Crippen LogP contribution in [-0.2, 0) is 16.1 Å². The summed E-state index contributed by atoms with van der Waals surface area (Å²) in [6.07, 6.45) is 1.82. The first kappa shape index (κ1) is 26.6. The Hall–Kier alpha value is -4.01. The third-order valence-electron chi connectivity index (χ3n) is 7.25. The topological polar surface area (TPSA) is 71.4 Å². The van der Waals surface area contributed by atoms with Crippen LogP contribution in [0.25, 0.3) is 0 Å². The molecule has 1 aliphatic heterocycles. The van der Waals surface area contributed by atoms with Crippen molar-refractivity contribution in [2.75, 3.05) is 23.9 Å². The van der Waals surface area contributed by atoms with E-state index in [9.17, 15) is 4.79 Å². The normalized spacial score (nSPS) is 16.8. The molecule has 1 fully saturated rings. The fraction of sp³-hybridized carbons (Fsp3) is 0.258. The Morgan fingerprint density at radius 3 is 2.51 bits per heavy atom. The van der Waals surface area contributed by atoms with E-state index < -0.39 is 0 Å². The Balaban J connectivity index is 1.56. The number of hydrogen-bond donors (Lipinski definition) is 2. The molecule has 0 bridgehead atoms. The number of aryl methyl sites for hydroxylation is 2. The molecular weight excluding hydrogens is 506 g/mol. The van der Waals surface area contributed by atoms with E-state index in [1.165, 1.54) is 29.6 Å². The van der Waals surface area contributed by atoms with E-state index in [1.807, 2.05) is 49.5 Å². The average molecular weight is 540 g/mol. The van der Waals surface area contributed by atoms with Crippen LogP contribution < -0.4 is 15.5 Å². The van der Waals surface area contributed by atoms with Crippen LogP contribution in [0.2, 0.25) is 0 Å². The molecule has 2 N–H and O–H groups in total. The van der Waals surface area contributed by atoms with Gasteiger partial charge < -0.3 is 24.8 Å². The molecular formula is C31H33N5O2S. The van der Waals surface area contributed by atoms with Crippen LogP contribution in [0.4, 0.5) is 11.4 Å². The number of methoxy groups -OCH3 is 1. The van der Waals surface area contributed by atoms with E-state index in [0.29, 0.717) is 5.11 Å². The first-order valence-electron chi connectivity index (χ1n) is 13.0. The Labute approximate surface area is 234 Å². The second kappa shape index (κ2) is 11.4. The van der Waals surface area contributed by atoms with Gasteiger partial charge in [0.1, 0.15) is 6.61 Å². The maximum Gasteiger partial charge on any atom is 0.250 e. The lowest BCUT2D eigenvalue weighted by molar-refractivity contribution is -0.119. The van der Waals surface area contributed by atoms with Crippen LogP contribution in [0.1, 0.15) is 45.9 Å². The highest BCUT2D eigenvalue weighted by Crippen LogP contribution is 2.44. The van der Waals surface area contributed by atoms with Crippen LogP contribution >= 0.6 is 12.2 Å². The van der Waals surface area contributed by atoms with E-state index in [4.69, 9.17) is 21.9 Å². The van der Waals surface area contributed by atoms with Gasteiger partial charge in [-0.05, 0) is 86.1 Å². The van der Waals surface area contributed by atoms with Crippen molar-refractivity contribution in [2.45, 2.75) is 39.4 Å². The van der Waals surface area contributed by atoms with E-state index in [2.05, 4.69) is 70.3 Å². The quantitative estimate of drug-likeness (QED) is 0.283. The minimum atomic E-state index is -0.189. The maximum absolute atomic E-state index is 12.1. The molecule has 2 atom stereocenters. The first-order chi connectivity index (χ1) is 18.9. The Morgan fingerprint density at radius 2 is 1.82 bits per heavy atom. The molecule has 2 aromatic heterocycles. The average Bonchev–Trinajstić information content (AvgIpc) is 3.42. The van der Waals surface area contributed by atoms with E-state index in [0.717, 1.165) is 29.2 Å². The van der Waals surface area contributed by atoms with Crippen molar-refractivity contribution >= 4 is 34.6 Å². The third kappa shape index (κ3) is 5.44. The number of amides is 1. The molecule has 2 aromatic carbocycles. The highest BCUT2D eigenvalue weighted by Gasteiger charge is 2.42. The molecule has 0 saturated carbocycles. The van der Waals surface area contributed by atoms with Crippen molar-refractivity contribution in [1.82, 2.24) is 14.9 Å². The number of carbonyl (C=O) groups excluding carboxylic acids is 1. The molecule has 0 spiro atoms. The van der Waals surface area contributed by atoms with Crippen molar-refractivity contribution in [1.29, 1.82) is 0 Å². The van der Waals surface area contributed by atoms with Gasteiger partial charge in [-0.15, -0.1) is 0 Å². The molecule has 0 unspecified atom stereocenters. The van der Waals surface area contributed by atoms with Gasteiger partial charge in [-0.25, -0.2) is 0 Å². The fourth-order valence-corrected chi connectivity index (χ4v) is 5.69. The van der Waals surface area contributed by atoms with E-state index in [-0.39, 0.29) is 24.6 Å². The lowest BCUT2D eigenvalue weighted by Crippen LogP contribution is -2.29. The van der Waals surface area contributed by atoms with Gasteiger partial charge in [0.15, 0.2) is 5.11 Å². The summed E-state index contributed by atoms with van der Waals surface area (Å²) in [7, 11) is 1.51. The van der Waals surface area contributed by atoms with Crippen LogP contribution in [-0.4, -0.2) is 34.3 Å². The number of pyridine rings is 1. The van der Waals surface area contributed by atoms with Gasteiger partial charge in [-0.1, -0.05) is 36.4 Å². The largest absolute Gasteiger partial charge is 0.375 e. The van der Waals surface area contributed by atoms with Crippen LogP contribution in [0.3, 0.4) is 0 Å². The summed E-state index contributed by atoms with van der Waals surface area (Å²) in [6, 6.07) is 24.5. The Bertz CT molecular complexity index is 1490. The summed E-state index contributed by atoms with van der Waals surface area (Å²) in [5.41, 5.74) is 8.40. The number of nitrogens with one attached hydrogen (secondary N) is 2. The molecule has 39 heavy (non-hydrogen) atoms. The molecule has 8 heteroatoms. The Kier molecular flexibility index (Phi) is 7.77. The zero-order chi connectivity index (χ0) is 27.5. The van der Waals surface area contributed by atoms with Gasteiger partial charge in [0, 0.05) is 42.6 Å². The number of hydrogen-bond acceptors (Lipinski definition) is 4. The summed E-state index contributed by atoms with van der Waals surface area (Å²) in [5, 5.41) is 7.11. The van der Waals surface area contributed by atoms with Gasteiger partial charge in [-0.2, -0.15) is 0 Å². The zero-order valence-electron chi connectivity index (χ0n) is 22.6. The van der Waals surface area contributed by atoms with Gasteiger partial charge in [0.2, 0.25) is 5.91 Å². The second-order valence-corrected chi connectivity index (χ2v) is 10.3. The van der Waals surface area contributed by atoms with Crippen molar-refractivity contribution in [2.24, 2.45) is 0 Å². The van der Waals surface area contributed by atoms with Crippen LogP contribution in [0.5, 0.6) is 0 Å². The fourth-order valence-electron chi connectivity index (χ4n) is 5.34. The monoisotopic (exact) mass is 539 g/mol. The molecule has 1 amide bonds. The number of benzene rings is 2.